The number of hydrogen-bond donors (Lipinski definition) is 1. The van der Waals surface area contributed by atoms with Gasteiger partial charge in [0.25, 0.3) is 0 Å². The van der Waals surface area contributed by atoms with Gasteiger partial charge in [-0.2, -0.15) is 13.2 Å². The molecule has 1 aliphatic rings. The average Bonchev–Trinajstić information content (AvgIpc) is 1.99. The zero-order valence-corrected chi connectivity index (χ0v) is 9.40. The maximum atomic E-state index is 11.9. The first-order chi connectivity index (χ1) is 6.87. The van der Waals surface area contributed by atoms with Crippen LogP contribution in [0.15, 0.2) is 0 Å². The van der Waals surface area contributed by atoms with Crippen LogP contribution in [-0.4, -0.2) is 18.8 Å². The molecule has 0 radical (unpaired) electrons. The van der Waals surface area contributed by atoms with Crippen LogP contribution in [0.2, 0.25) is 0 Å². The third-order valence-corrected chi connectivity index (χ3v) is 3.02. The molecule has 90 valence electrons. The van der Waals surface area contributed by atoms with Crippen LogP contribution < -0.4 is 5.32 Å². The van der Waals surface area contributed by atoms with Gasteiger partial charge >= 0.3 is 6.18 Å². The highest BCUT2D eigenvalue weighted by molar-refractivity contribution is 4.79. The molecule has 1 nitrogen and oxygen atoms in total. The number of alkyl halides is 3. The lowest BCUT2D eigenvalue weighted by Gasteiger charge is -2.32. The second kappa shape index (κ2) is 5.19. The minimum Gasteiger partial charge on any atom is -0.314 e. The van der Waals surface area contributed by atoms with E-state index in [0.29, 0.717) is 11.8 Å². The zero-order valence-electron chi connectivity index (χ0n) is 9.40. The average molecular weight is 223 g/mol. The highest BCUT2D eigenvalue weighted by atomic mass is 19.4. The predicted molar refractivity (Wildman–Crippen MR) is 54.6 cm³/mol. The number of halogens is 3. The van der Waals surface area contributed by atoms with Gasteiger partial charge in [-0.25, -0.2) is 0 Å². The molecular formula is C11H20F3N. The van der Waals surface area contributed by atoms with Crippen molar-refractivity contribution >= 4 is 0 Å². The molecule has 1 aliphatic carbocycles. The summed E-state index contributed by atoms with van der Waals surface area (Å²) in [6.45, 7) is 4.41. The summed E-state index contributed by atoms with van der Waals surface area (Å²) >= 11 is 0. The Morgan fingerprint density at radius 2 is 1.60 bits per heavy atom. The SMILES string of the molecule is CC1CC(C)CC(NCCC(F)(F)F)C1. The number of hydrogen-bond acceptors (Lipinski definition) is 1. The van der Waals surface area contributed by atoms with E-state index < -0.39 is 12.6 Å². The van der Waals surface area contributed by atoms with E-state index in [1.54, 1.807) is 0 Å². The maximum Gasteiger partial charge on any atom is 0.390 e. The van der Waals surface area contributed by atoms with Crippen molar-refractivity contribution in [1.29, 1.82) is 0 Å². The standard InChI is InChI=1S/C11H20F3N/c1-8-5-9(2)7-10(6-8)15-4-3-11(12,13)14/h8-10,15H,3-7H2,1-2H3. The van der Waals surface area contributed by atoms with Crippen LogP contribution in [-0.2, 0) is 0 Å². The Hall–Kier alpha value is -0.250. The molecule has 1 saturated carbocycles. The molecule has 1 fully saturated rings. The minimum absolute atomic E-state index is 0.0631. The highest BCUT2D eigenvalue weighted by Crippen LogP contribution is 2.28. The molecule has 2 unspecified atom stereocenters. The fraction of sp³-hybridized carbons (Fsp3) is 1.00. The van der Waals surface area contributed by atoms with Crippen LogP contribution in [0.3, 0.4) is 0 Å². The van der Waals surface area contributed by atoms with Gasteiger partial charge in [0, 0.05) is 12.6 Å². The Balaban J connectivity index is 2.21. The summed E-state index contributed by atoms with van der Waals surface area (Å²) < 4.78 is 35.8. The van der Waals surface area contributed by atoms with E-state index in [4.69, 9.17) is 0 Å². The lowest BCUT2D eigenvalue weighted by Crippen LogP contribution is -2.37. The molecule has 0 amide bonds. The molecule has 2 atom stereocenters. The smallest absolute Gasteiger partial charge is 0.314 e. The van der Waals surface area contributed by atoms with Gasteiger partial charge in [-0.15, -0.1) is 0 Å². The number of rotatable bonds is 3. The molecule has 0 aromatic rings. The van der Waals surface area contributed by atoms with Gasteiger partial charge in [-0.05, 0) is 31.1 Å². The minimum atomic E-state index is -4.03. The monoisotopic (exact) mass is 223 g/mol. The Labute approximate surface area is 89.4 Å². The van der Waals surface area contributed by atoms with Crippen molar-refractivity contribution in [3.05, 3.63) is 0 Å². The van der Waals surface area contributed by atoms with Gasteiger partial charge in [0.2, 0.25) is 0 Å². The molecule has 1 rings (SSSR count). The van der Waals surface area contributed by atoms with E-state index >= 15 is 0 Å². The predicted octanol–water partition coefficient (Wildman–Crippen LogP) is 3.35. The van der Waals surface area contributed by atoms with Gasteiger partial charge in [0.05, 0.1) is 6.42 Å². The highest BCUT2D eigenvalue weighted by Gasteiger charge is 2.28. The van der Waals surface area contributed by atoms with Gasteiger partial charge in [-0.1, -0.05) is 13.8 Å². The Bertz CT molecular complexity index is 181. The van der Waals surface area contributed by atoms with Crippen LogP contribution in [0, 0.1) is 11.8 Å². The molecule has 0 spiro atoms. The molecule has 0 aliphatic heterocycles. The van der Waals surface area contributed by atoms with Crippen molar-refractivity contribution in [2.24, 2.45) is 11.8 Å². The first-order valence-electron chi connectivity index (χ1n) is 5.67. The van der Waals surface area contributed by atoms with E-state index in [1.165, 1.54) is 6.42 Å². The molecule has 4 heteroatoms. The second-order valence-corrected chi connectivity index (χ2v) is 4.93. The summed E-state index contributed by atoms with van der Waals surface area (Å²) in [5.41, 5.74) is 0. The lowest BCUT2D eigenvalue weighted by atomic mass is 9.80. The van der Waals surface area contributed by atoms with Crippen molar-refractivity contribution in [3.63, 3.8) is 0 Å². The van der Waals surface area contributed by atoms with Crippen molar-refractivity contribution in [2.45, 2.75) is 51.7 Å². The molecular weight excluding hydrogens is 203 g/mol. The first-order valence-corrected chi connectivity index (χ1v) is 5.67. The second-order valence-electron chi connectivity index (χ2n) is 4.93. The molecule has 15 heavy (non-hydrogen) atoms. The van der Waals surface area contributed by atoms with E-state index in [2.05, 4.69) is 19.2 Å². The Morgan fingerprint density at radius 1 is 1.07 bits per heavy atom. The zero-order chi connectivity index (χ0) is 11.5. The Morgan fingerprint density at radius 3 is 2.07 bits per heavy atom. The van der Waals surface area contributed by atoms with Crippen molar-refractivity contribution in [1.82, 2.24) is 5.32 Å². The van der Waals surface area contributed by atoms with Gasteiger partial charge < -0.3 is 5.32 Å². The molecule has 0 aromatic heterocycles. The summed E-state index contributed by atoms with van der Waals surface area (Å²) in [5, 5.41) is 3.02. The summed E-state index contributed by atoms with van der Waals surface area (Å²) in [5.74, 6) is 1.27. The Kier molecular flexibility index (Phi) is 4.44. The largest absolute Gasteiger partial charge is 0.390 e. The van der Waals surface area contributed by atoms with E-state index in [-0.39, 0.29) is 12.6 Å². The van der Waals surface area contributed by atoms with Crippen LogP contribution >= 0.6 is 0 Å². The maximum absolute atomic E-state index is 11.9. The van der Waals surface area contributed by atoms with Crippen LogP contribution in [0.1, 0.15) is 39.5 Å². The summed E-state index contributed by atoms with van der Waals surface area (Å²) in [4.78, 5) is 0. The topological polar surface area (TPSA) is 12.0 Å². The van der Waals surface area contributed by atoms with Crippen LogP contribution in [0.5, 0.6) is 0 Å². The third kappa shape index (κ3) is 5.40. The van der Waals surface area contributed by atoms with E-state index in [9.17, 15) is 13.2 Å². The summed E-state index contributed by atoms with van der Waals surface area (Å²) in [6, 6.07) is 0.283. The lowest BCUT2D eigenvalue weighted by molar-refractivity contribution is -0.133. The molecule has 1 N–H and O–H groups in total. The number of nitrogens with one attached hydrogen (secondary N) is 1. The van der Waals surface area contributed by atoms with Crippen molar-refractivity contribution in [3.8, 4) is 0 Å². The summed E-state index contributed by atoms with van der Waals surface area (Å²) in [7, 11) is 0. The van der Waals surface area contributed by atoms with E-state index in [1.807, 2.05) is 0 Å². The third-order valence-electron chi connectivity index (χ3n) is 3.02. The molecule has 0 heterocycles. The quantitative estimate of drug-likeness (QED) is 0.773. The van der Waals surface area contributed by atoms with Crippen molar-refractivity contribution < 1.29 is 13.2 Å². The summed E-state index contributed by atoms with van der Waals surface area (Å²) in [6.07, 6.45) is -1.51. The normalized spacial score (nSPS) is 33.0. The van der Waals surface area contributed by atoms with Gasteiger partial charge in [0.15, 0.2) is 0 Å². The first kappa shape index (κ1) is 12.8. The molecule has 0 saturated heterocycles. The van der Waals surface area contributed by atoms with Gasteiger partial charge in [-0.3, -0.25) is 0 Å². The molecule has 0 aromatic carbocycles. The van der Waals surface area contributed by atoms with Crippen molar-refractivity contribution in [2.75, 3.05) is 6.54 Å². The van der Waals surface area contributed by atoms with E-state index in [0.717, 1.165) is 12.8 Å². The van der Waals surface area contributed by atoms with Gasteiger partial charge in [0.1, 0.15) is 0 Å². The van der Waals surface area contributed by atoms with Crippen LogP contribution in [0.25, 0.3) is 0 Å². The van der Waals surface area contributed by atoms with Crippen LogP contribution in [0.4, 0.5) is 13.2 Å². The molecule has 0 bridgehead atoms. The fourth-order valence-corrected chi connectivity index (χ4v) is 2.53. The fourth-order valence-electron chi connectivity index (χ4n) is 2.53.